The SMILES string of the molecule is COc1ccc(OC)c(CN2CCO[C@@H](C(=O)N(Cc3ccc4ncccc4c3)CC(C)C)C2)c1. The summed E-state index contributed by atoms with van der Waals surface area (Å²) >= 11 is 0. The number of ether oxygens (including phenoxy) is 3. The summed E-state index contributed by atoms with van der Waals surface area (Å²) in [5.41, 5.74) is 3.08. The van der Waals surface area contributed by atoms with Crippen molar-refractivity contribution in [3.8, 4) is 11.5 Å². The second-order valence-electron chi connectivity index (χ2n) is 9.42. The van der Waals surface area contributed by atoms with Crippen LogP contribution in [0.4, 0.5) is 0 Å². The number of benzene rings is 2. The topological polar surface area (TPSA) is 64.1 Å². The Kier molecular flexibility index (Phi) is 8.21. The van der Waals surface area contributed by atoms with Crippen molar-refractivity contribution in [1.29, 1.82) is 0 Å². The lowest BCUT2D eigenvalue weighted by atomic mass is 10.1. The Morgan fingerprint density at radius 1 is 1.17 bits per heavy atom. The Bertz CT molecular complexity index is 1150. The molecule has 1 aromatic heterocycles. The molecule has 0 radical (unpaired) electrons. The lowest BCUT2D eigenvalue weighted by molar-refractivity contribution is -0.151. The molecule has 0 saturated carbocycles. The predicted octanol–water partition coefficient (Wildman–Crippen LogP) is 4.14. The first-order chi connectivity index (χ1) is 17.0. The molecule has 0 spiro atoms. The standard InChI is InChI=1S/C28H35N3O4/c1-20(2)16-31(17-21-7-9-25-22(14-21)6-5-11-29-25)28(32)27-19-30(12-13-35-27)18-23-15-24(33-3)8-10-26(23)34-4/h5-11,14-15,20,27H,12-13,16-19H2,1-4H3/t27-/m1/s1. The zero-order valence-electron chi connectivity index (χ0n) is 21.1. The van der Waals surface area contributed by atoms with Gasteiger partial charge in [-0.2, -0.15) is 0 Å². The fraction of sp³-hybridized carbons (Fsp3) is 0.429. The van der Waals surface area contributed by atoms with E-state index in [1.807, 2.05) is 35.2 Å². The highest BCUT2D eigenvalue weighted by Crippen LogP contribution is 2.26. The summed E-state index contributed by atoms with van der Waals surface area (Å²) in [5.74, 6) is 1.98. The highest BCUT2D eigenvalue weighted by Gasteiger charge is 2.31. The van der Waals surface area contributed by atoms with Crippen LogP contribution in [0.2, 0.25) is 0 Å². The lowest BCUT2D eigenvalue weighted by Gasteiger charge is -2.35. The van der Waals surface area contributed by atoms with E-state index < -0.39 is 6.10 Å². The highest BCUT2D eigenvalue weighted by atomic mass is 16.5. The van der Waals surface area contributed by atoms with Gasteiger partial charge in [-0.1, -0.05) is 26.0 Å². The third-order valence-corrected chi connectivity index (χ3v) is 6.25. The van der Waals surface area contributed by atoms with Gasteiger partial charge in [-0.15, -0.1) is 0 Å². The fourth-order valence-electron chi connectivity index (χ4n) is 4.56. The molecule has 0 unspecified atom stereocenters. The molecule has 1 fully saturated rings. The second-order valence-corrected chi connectivity index (χ2v) is 9.42. The first kappa shape index (κ1) is 24.9. The van der Waals surface area contributed by atoms with Crippen LogP contribution in [-0.4, -0.2) is 67.3 Å². The van der Waals surface area contributed by atoms with Crippen molar-refractivity contribution in [2.45, 2.75) is 33.0 Å². The van der Waals surface area contributed by atoms with Crippen molar-refractivity contribution in [1.82, 2.24) is 14.8 Å². The number of nitrogens with zero attached hydrogens (tertiary/aromatic N) is 3. The van der Waals surface area contributed by atoms with Crippen molar-refractivity contribution < 1.29 is 19.0 Å². The summed E-state index contributed by atoms with van der Waals surface area (Å²) < 4.78 is 16.9. The first-order valence-corrected chi connectivity index (χ1v) is 12.1. The number of carbonyl (C=O) groups excluding carboxylic acids is 1. The van der Waals surface area contributed by atoms with Crippen molar-refractivity contribution in [3.05, 3.63) is 65.9 Å². The van der Waals surface area contributed by atoms with Crippen LogP contribution in [0.3, 0.4) is 0 Å². The smallest absolute Gasteiger partial charge is 0.253 e. The summed E-state index contributed by atoms with van der Waals surface area (Å²) in [5, 5.41) is 1.08. The Morgan fingerprint density at radius 3 is 2.80 bits per heavy atom. The first-order valence-electron chi connectivity index (χ1n) is 12.1. The third-order valence-electron chi connectivity index (χ3n) is 6.25. The van der Waals surface area contributed by atoms with Crippen LogP contribution in [0.25, 0.3) is 10.9 Å². The van der Waals surface area contributed by atoms with Gasteiger partial charge in [-0.05, 0) is 47.9 Å². The van der Waals surface area contributed by atoms with Crippen LogP contribution in [0.15, 0.2) is 54.7 Å². The number of morpholine rings is 1. The van der Waals surface area contributed by atoms with Gasteiger partial charge in [-0.25, -0.2) is 0 Å². The Morgan fingerprint density at radius 2 is 2.03 bits per heavy atom. The van der Waals surface area contributed by atoms with Crippen LogP contribution in [-0.2, 0) is 22.6 Å². The van der Waals surface area contributed by atoms with Gasteiger partial charge >= 0.3 is 0 Å². The Hall–Kier alpha value is -3.16. The highest BCUT2D eigenvalue weighted by molar-refractivity contribution is 5.82. The predicted molar refractivity (Wildman–Crippen MR) is 137 cm³/mol. The molecule has 1 saturated heterocycles. The van der Waals surface area contributed by atoms with Crippen LogP contribution < -0.4 is 9.47 Å². The number of aromatic nitrogens is 1. The Labute approximate surface area is 207 Å². The molecular weight excluding hydrogens is 442 g/mol. The maximum absolute atomic E-state index is 13.6. The third kappa shape index (κ3) is 6.29. The van der Waals surface area contributed by atoms with Gasteiger partial charge in [0.25, 0.3) is 5.91 Å². The molecule has 3 aromatic rings. The van der Waals surface area contributed by atoms with Gasteiger partial charge in [0.2, 0.25) is 0 Å². The number of hydrogen-bond acceptors (Lipinski definition) is 6. The zero-order valence-corrected chi connectivity index (χ0v) is 21.1. The zero-order chi connectivity index (χ0) is 24.8. The quantitative estimate of drug-likeness (QED) is 0.462. The van der Waals surface area contributed by atoms with E-state index in [0.29, 0.717) is 38.7 Å². The number of pyridine rings is 1. The molecule has 0 N–H and O–H groups in total. The molecule has 7 heteroatoms. The molecule has 1 aliphatic heterocycles. The maximum Gasteiger partial charge on any atom is 0.253 e. The van der Waals surface area contributed by atoms with Crippen molar-refractivity contribution in [2.75, 3.05) is 40.5 Å². The van der Waals surface area contributed by atoms with Gasteiger partial charge in [0.1, 0.15) is 17.6 Å². The number of rotatable bonds is 9. The number of methoxy groups -OCH3 is 2. The van der Waals surface area contributed by atoms with Gasteiger partial charge < -0.3 is 19.1 Å². The summed E-state index contributed by atoms with van der Waals surface area (Å²) in [6.07, 6.45) is 1.30. The lowest BCUT2D eigenvalue weighted by Crippen LogP contribution is -2.51. The maximum atomic E-state index is 13.6. The molecular formula is C28H35N3O4. The van der Waals surface area contributed by atoms with E-state index >= 15 is 0 Å². The summed E-state index contributed by atoms with van der Waals surface area (Å²) in [6.45, 7) is 7.96. The minimum Gasteiger partial charge on any atom is -0.497 e. The van der Waals surface area contributed by atoms with E-state index in [1.54, 1.807) is 20.4 Å². The molecule has 1 atom stereocenters. The summed E-state index contributed by atoms with van der Waals surface area (Å²) in [7, 11) is 3.33. The minimum absolute atomic E-state index is 0.0345. The van der Waals surface area contributed by atoms with Crippen molar-refractivity contribution >= 4 is 16.8 Å². The van der Waals surface area contributed by atoms with E-state index in [4.69, 9.17) is 14.2 Å². The van der Waals surface area contributed by atoms with Gasteiger partial charge in [0.15, 0.2) is 0 Å². The average molecular weight is 478 g/mol. The minimum atomic E-state index is -0.499. The van der Waals surface area contributed by atoms with E-state index in [2.05, 4.69) is 41.9 Å². The van der Waals surface area contributed by atoms with Gasteiger partial charge in [-0.3, -0.25) is 14.7 Å². The summed E-state index contributed by atoms with van der Waals surface area (Å²) in [6, 6.07) is 16.0. The number of amides is 1. The van der Waals surface area contributed by atoms with Crippen LogP contribution in [0.5, 0.6) is 11.5 Å². The van der Waals surface area contributed by atoms with E-state index in [1.165, 1.54) is 0 Å². The molecule has 4 rings (SSSR count). The fourth-order valence-corrected chi connectivity index (χ4v) is 4.56. The molecule has 0 bridgehead atoms. The normalized spacial score (nSPS) is 16.4. The van der Waals surface area contributed by atoms with Gasteiger partial charge in [0.05, 0.1) is 26.3 Å². The molecule has 1 amide bonds. The molecule has 186 valence electrons. The molecule has 2 aromatic carbocycles. The molecule has 0 aliphatic carbocycles. The van der Waals surface area contributed by atoms with Crippen LogP contribution >= 0.6 is 0 Å². The molecule has 35 heavy (non-hydrogen) atoms. The van der Waals surface area contributed by atoms with Crippen LogP contribution in [0.1, 0.15) is 25.0 Å². The number of carbonyl (C=O) groups is 1. The largest absolute Gasteiger partial charge is 0.497 e. The van der Waals surface area contributed by atoms with Crippen molar-refractivity contribution in [2.24, 2.45) is 5.92 Å². The second kappa shape index (κ2) is 11.5. The van der Waals surface area contributed by atoms with Gasteiger partial charge in [0, 0.05) is 49.9 Å². The average Bonchev–Trinajstić information content (AvgIpc) is 2.87. The molecule has 2 heterocycles. The Balaban J connectivity index is 1.48. The number of fused-ring (bicyclic) bond motifs is 1. The van der Waals surface area contributed by atoms with Crippen molar-refractivity contribution in [3.63, 3.8) is 0 Å². The van der Waals surface area contributed by atoms with E-state index in [-0.39, 0.29) is 5.91 Å². The monoisotopic (exact) mass is 477 g/mol. The molecule has 7 nitrogen and oxygen atoms in total. The van der Waals surface area contributed by atoms with Crippen LogP contribution in [0, 0.1) is 5.92 Å². The van der Waals surface area contributed by atoms with E-state index in [9.17, 15) is 4.79 Å². The van der Waals surface area contributed by atoms with E-state index in [0.717, 1.165) is 40.1 Å². The number of hydrogen-bond donors (Lipinski definition) is 0. The molecule has 1 aliphatic rings. The summed E-state index contributed by atoms with van der Waals surface area (Å²) in [4.78, 5) is 22.2.